The molecule has 0 unspecified atom stereocenters. The zero-order chi connectivity index (χ0) is 32.6. The van der Waals surface area contributed by atoms with Crippen LogP contribution in [0.4, 0.5) is 0 Å². The number of nitrogens with zero attached hydrogens (tertiary/aromatic N) is 2. The molecule has 0 aliphatic rings. The van der Waals surface area contributed by atoms with E-state index >= 15 is 0 Å². The van der Waals surface area contributed by atoms with Crippen LogP contribution >= 0.6 is 0 Å². The summed E-state index contributed by atoms with van der Waals surface area (Å²) in [5.41, 5.74) is 13.6. The molecule has 0 fully saturated rings. The largest absolute Gasteiger partial charge is 0.456 e. The third-order valence-electron chi connectivity index (χ3n) is 9.11. The maximum absolute atomic E-state index is 6.12. The topological polar surface area (TPSA) is 38.9 Å². The van der Waals surface area contributed by atoms with Crippen molar-refractivity contribution < 1.29 is 4.42 Å². The monoisotopic (exact) mass is 626 g/mol. The second-order valence-electron chi connectivity index (χ2n) is 12.2. The van der Waals surface area contributed by atoms with Crippen LogP contribution in [0.25, 0.3) is 89.2 Å². The van der Waals surface area contributed by atoms with Gasteiger partial charge in [-0.15, -0.1) is 0 Å². The second-order valence-corrected chi connectivity index (χ2v) is 12.2. The summed E-state index contributed by atoms with van der Waals surface area (Å²) in [5.74, 6) is 0.695. The second kappa shape index (κ2) is 12.2. The van der Waals surface area contributed by atoms with Gasteiger partial charge in [0.1, 0.15) is 11.2 Å². The van der Waals surface area contributed by atoms with Crippen molar-refractivity contribution in [3.8, 4) is 67.3 Å². The van der Waals surface area contributed by atoms with E-state index in [1.165, 1.54) is 0 Å². The van der Waals surface area contributed by atoms with Crippen molar-refractivity contribution >= 4 is 21.9 Å². The minimum Gasteiger partial charge on any atom is -0.456 e. The van der Waals surface area contributed by atoms with Crippen LogP contribution in [0.1, 0.15) is 0 Å². The Hall–Kier alpha value is -6.58. The average Bonchev–Trinajstić information content (AvgIpc) is 3.57. The molecule has 2 aromatic heterocycles. The summed E-state index contributed by atoms with van der Waals surface area (Å²) in [7, 11) is 0. The Morgan fingerprint density at radius 3 is 1.57 bits per heavy atom. The molecular weight excluding hydrogens is 597 g/mol. The molecule has 3 heteroatoms. The highest BCUT2D eigenvalue weighted by Gasteiger charge is 2.15. The lowest BCUT2D eigenvalue weighted by atomic mass is 9.90. The van der Waals surface area contributed by atoms with Gasteiger partial charge in [-0.25, -0.2) is 9.97 Å². The third kappa shape index (κ3) is 5.48. The summed E-state index contributed by atoms with van der Waals surface area (Å²) in [4.78, 5) is 10.2. The molecule has 49 heavy (non-hydrogen) atoms. The van der Waals surface area contributed by atoms with Gasteiger partial charge in [0.25, 0.3) is 0 Å². The lowest BCUT2D eigenvalue weighted by Crippen LogP contribution is -1.96. The summed E-state index contributed by atoms with van der Waals surface area (Å²) in [6.45, 7) is 0. The first kappa shape index (κ1) is 28.6. The van der Waals surface area contributed by atoms with Crippen LogP contribution in [0.15, 0.2) is 186 Å². The maximum Gasteiger partial charge on any atom is 0.160 e. The van der Waals surface area contributed by atoms with Crippen molar-refractivity contribution in [3.63, 3.8) is 0 Å². The van der Waals surface area contributed by atoms with Gasteiger partial charge in [-0.2, -0.15) is 0 Å². The fourth-order valence-electron chi connectivity index (χ4n) is 6.65. The lowest BCUT2D eigenvalue weighted by Gasteiger charge is -2.15. The number of para-hydroxylation sites is 1. The van der Waals surface area contributed by atoms with Gasteiger partial charge in [0, 0.05) is 27.5 Å². The zero-order valence-electron chi connectivity index (χ0n) is 26.6. The predicted molar refractivity (Wildman–Crippen MR) is 202 cm³/mol. The molecule has 0 spiro atoms. The average molecular weight is 627 g/mol. The van der Waals surface area contributed by atoms with Crippen molar-refractivity contribution in [1.29, 1.82) is 0 Å². The molecule has 0 saturated heterocycles. The van der Waals surface area contributed by atoms with Gasteiger partial charge >= 0.3 is 0 Å². The molecule has 0 saturated carbocycles. The Kier molecular flexibility index (Phi) is 7.14. The fourth-order valence-corrected chi connectivity index (χ4v) is 6.65. The van der Waals surface area contributed by atoms with E-state index in [1.807, 2.05) is 48.5 Å². The van der Waals surface area contributed by atoms with Crippen molar-refractivity contribution in [2.24, 2.45) is 0 Å². The quantitative estimate of drug-likeness (QED) is 0.184. The first-order valence-electron chi connectivity index (χ1n) is 16.5. The number of benzene rings is 7. The number of hydrogen-bond acceptors (Lipinski definition) is 3. The Bertz CT molecular complexity index is 2530. The molecule has 0 N–H and O–H groups in total. The predicted octanol–water partition coefficient (Wildman–Crippen LogP) is 12.4. The summed E-state index contributed by atoms with van der Waals surface area (Å²) >= 11 is 0. The number of fused-ring (bicyclic) bond motifs is 3. The van der Waals surface area contributed by atoms with Crippen molar-refractivity contribution in [2.45, 2.75) is 0 Å². The Morgan fingerprint density at radius 2 is 0.857 bits per heavy atom. The Balaban J connectivity index is 1.17. The molecular formula is C46H30N2O. The molecule has 3 nitrogen and oxygen atoms in total. The van der Waals surface area contributed by atoms with Crippen LogP contribution < -0.4 is 0 Å². The van der Waals surface area contributed by atoms with Crippen LogP contribution in [-0.4, -0.2) is 9.97 Å². The van der Waals surface area contributed by atoms with Gasteiger partial charge in [0.2, 0.25) is 0 Å². The van der Waals surface area contributed by atoms with Crippen LogP contribution in [0.5, 0.6) is 0 Å². The molecule has 230 valence electrons. The number of aromatic nitrogens is 2. The molecule has 0 bridgehead atoms. The molecule has 9 aromatic rings. The maximum atomic E-state index is 6.12. The van der Waals surface area contributed by atoms with Gasteiger partial charge < -0.3 is 4.42 Å². The van der Waals surface area contributed by atoms with Crippen molar-refractivity contribution in [2.75, 3.05) is 0 Å². The Morgan fingerprint density at radius 1 is 0.306 bits per heavy atom. The minimum absolute atomic E-state index is 0.695. The number of furan rings is 1. The highest BCUT2D eigenvalue weighted by molar-refractivity contribution is 6.06. The molecule has 0 aliphatic heterocycles. The molecule has 0 atom stereocenters. The zero-order valence-corrected chi connectivity index (χ0v) is 26.6. The molecule has 2 heterocycles. The summed E-state index contributed by atoms with van der Waals surface area (Å²) in [5, 5.41) is 2.25. The van der Waals surface area contributed by atoms with E-state index in [0.717, 1.165) is 83.4 Å². The Labute approximate surface area is 284 Å². The minimum atomic E-state index is 0.695. The van der Waals surface area contributed by atoms with Crippen LogP contribution in [0.3, 0.4) is 0 Å². The van der Waals surface area contributed by atoms with Crippen molar-refractivity contribution in [3.05, 3.63) is 182 Å². The van der Waals surface area contributed by atoms with Gasteiger partial charge in [0.15, 0.2) is 5.82 Å². The van der Waals surface area contributed by atoms with Crippen LogP contribution in [0.2, 0.25) is 0 Å². The van der Waals surface area contributed by atoms with E-state index in [0.29, 0.717) is 5.82 Å². The fraction of sp³-hybridized carbons (Fsp3) is 0. The van der Waals surface area contributed by atoms with Gasteiger partial charge in [-0.05, 0) is 69.8 Å². The summed E-state index contributed by atoms with van der Waals surface area (Å²) < 4.78 is 6.12. The first-order valence-corrected chi connectivity index (χ1v) is 16.5. The molecule has 0 aliphatic carbocycles. The van der Waals surface area contributed by atoms with E-state index < -0.39 is 0 Å². The highest BCUT2D eigenvalue weighted by Crippen LogP contribution is 2.39. The lowest BCUT2D eigenvalue weighted by molar-refractivity contribution is 0.669. The van der Waals surface area contributed by atoms with Crippen LogP contribution in [-0.2, 0) is 0 Å². The van der Waals surface area contributed by atoms with Crippen LogP contribution in [0, 0.1) is 0 Å². The summed E-state index contributed by atoms with van der Waals surface area (Å²) in [6.07, 6.45) is 0. The molecule has 0 amide bonds. The standard InChI is InChI=1S/C46H30N2O/c1-4-13-31(14-5-1)40-28-34(35-24-26-45-41(29-35)39-21-10-11-22-44(39)49-45)23-25-38(40)36-19-12-20-37(27-36)46-47-42(32-15-6-2-7-16-32)30-43(48-46)33-17-8-3-9-18-33/h1-30H. The third-order valence-corrected chi connectivity index (χ3v) is 9.11. The van der Waals surface area contributed by atoms with Gasteiger partial charge in [-0.1, -0.05) is 146 Å². The molecule has 0 radical (unpaired) electrons. The number of hydrogen-bond donors (Lipinski definition) is 0. The molecule has 9 rings (SSSR count). The van der Waals surface area contributed by atoms with E-state index in [2.05, 4.69) is 133 Å². The van der Waals surface area contributed by atoms with Crippen molar-refractivity contribution in [1.82, 2.24) is 9.97 Å². The normalized spacial score (nSPS) is 11.3. The SMILES string of the molecule is c1ccc(-c2cc(-c3ccccc3)nc(-c3cccc(-c4ccc(-c5ccc6oc7ccccc7c6c5)cc4-c4ccccc4)c3)n2)cc1. The highest BCUT2D eigenvalue weighted by atomic mass is 16.3. The first-order chi connectivity index (χ1) is 24.3. The van der Waals surface area contributed by atoms with E-state index in [-0.39, 0.29) is 0 Å². The van der Waals surface area contributed by atoms with E-state index in [9.17, 15) is 0 Å². The molecule has 7 aromatic carbocycles. The van der Waals surface area contributed by atoms with Gasteiger partial charge in [0.05, 0.1) is 11.4 Å². The van der Waals surface area contributed by atoms with E-state index in [1.54, 1.807) is 0 Å². The number of rotatable bonds is 6. The van der Waals surface area contributed by atoms with E-state index in [4.69, 9.17) is 14.4 Å². The summed E-state index contributed by atoms with van der Waals surface area (Å²) in [6, 6.07) is 63.4. The smallest absolute Gasteiger partial charge is 0.160 e. The van der Waals surface area contributed by atoms with Gasteiger partial charge in [-0.3, -0.25) is 0 Å².